The number of para-hydroxylation sites is 1. The topological polar surface area (TPSA) is 65.0 Å². The molecule has 0 amide bonds. The Labute approximate surface area is 141 Å². The number of aryl methyl sites for hydroxylation is 1. The number of hydrogen-bond donors (Lipinski definition) is 1. The fraction of sp³-hybridized carbons (Fsp3) is 0.211. The zero-order valence-corrected chi connectivity index (χ0v) is 13.7. The van der Waals surface area contributed by atoms with Crippen LogP contribution in [-0.4, -0.2) is 24.8 Å². The van der Waals surface area contributed by atoms with Crippen molar-refractivity contribution in [2.75, 3.05) is 13.7 Å². The Hall–Kier alpha value is -2.79. The maximum absolute atomic E-state index is 11.7. The van der Waals surface area contributed by atoms with Gasteiger partial charge in [-0.1, -0.05) is 30.3 Å². The Balaban J connectivity index is 2.13. The maximum atomic E-state index is 11.7. The first kappa shape index (κ1) is 17.6. The SMILES string of the molecule is COC(=O)/C(=C/CO)Oc1cc(COc2ccccc2)ccc1C. The van der Waals surface area contributed by atoms with E-state index in [2.05, 4.69) is 4.74 Å². The van der Waals surface area contributed by atoms with Crippen LogP contribution in [0.25, 0.3) is 0 Å². The van der Waals surface area contributed by atoms with Crippen LogP contribution in [0.15, 0.2) is 60.4 Å². The summed E-state index contributed by atoms with van der Waals surface area (Å²) in [4.78, 5) is 11.7. The fourth-order valence-electron chi connectivity index (χ4n) is 2.00. The molecule has 24 heavy (non-hydrogen) atoms. The first-order chi connectivity index (χ1) is 11.6. The highest BCUT2D eigenvalue weighted by Crippen LogP contribution is 2.23. The molecule has 0 fully saturated rings. The Morgan fingerprint density at radius 2 is 1.92 bits per heavy atom. The van der Waals surface area contributed by atoms with Crippen LogP contribution in [0.3, 0.4) is 0 Å². The number of methoxy groups -OCH3 is 1. The molecule has 0 unspecified atom stereocenters. The van der Waals surface area contributed by atoms with Gasteiger partial charge in [-0.15, -0.1) is 0 Å². The Kier molecular flexibility index (Phi) is 6.40. The van der Waals surface area contributed by atoms with Crippen molar-refractivity contribution in [3.63, 3.8) is 0 Å². The average molecular weight is 328 g/mol. The summed E-state index contributed by atoms with van der Waals surface area (Å²) in [6.07, 6.45) is 1.26. The van der Waals surface area contributed by atoms with E-state index in [0.717, 1.165) is 16.9 Å². The zero-order valence-electron chi connectivity index (χ0n) is 13.7. The summed E-state index contributed by atoms with van der Waals surface area (Å²) in [5.41, 5.74) is 1.75. The molecule has 1 N–H and O–H groups in total. The van der Waals surface area contributed by atoms with Crippen molar-refractivity contribution in [2.45, 2.75) is 13.5 Å². The van der Waals surface area contributed by atoms with E-state index in [1.807, 2.05) is 49.4 Å². The van der Waals surface area contributed by atoms with Gasteiger partial charge in [0.05, 0.1) is 13.7 Å². The van der Waals surface area contributed by atoms with Crippen molar-refractivity contribution in [1.29, 1.82) is 0 Å². The predicted octanol–water partition coefficient (Wildman–Crippen LogP) is 3.00. The minimum absolute atomic E-state index is 0.0516. The number of esters is 1. The van der Waals surface area contributed by atoms with Gasteiger partial charge < -0.3 is 19.3 Å². The third-order valence-electron chi connectivity index (χ3n) is 3.28. The van der Waals surface area contributed by atoms with Crippen LogP contribution in [0.2, 0.25) is 0 Å². The van der Waals surface area contributed by atoms with Gasteiger partial charge in [-0.2, -0.15) is 0 Å². The minimum Gasteiger partial charge on any atom is -0.489 e. The van der Waals surface area contributed by atoms with Crippen molar-refractivity contribution < 1.29 is 24.1 Å². The normalized spacial score (nSPS) is 11.0. The number of carbonyl (C=O) groups excluding carboxylic acids is 1. The van der Waals surface area contributed by atoms with Gasteiger partial charge in [0.1, 0.15) is 18.1 Å². The molecule has 0 heterocycles. The van der Waals surface area contributed by atoms with Crippen molar-refractivity contribution in [3.8, 4) is 11.5 Å². The lowest BCUT2D eigenvalue weighted by Gasteiger charge is -2.13. The lowest BCUT2D eigenvalue weighted by molar-refractivity contribution is -0.138. The summed E-state index contributed by atoms with van der Waals surface area (Å²) in [7, 11) is 1.26. The van der Waals surface area contributed by atoms with Gasteiger partial charge in [0.2, 0.25) is 5.76 Å². The molecule has 126 valence electrons. The monoisotopic (exact) mass is 328 g/mol. The Bertz CT molecular complexity index is 707. The molecule has 0 aliphatic carbocycles. The van der Waals surface area contributed by atoms with Crippen LogP contribution in [0.5, 0.6) is 11.5 Å². The van der Waals surface area contributed by atoms with Crippen molar-refractivity contribution in [1.82, 2.24) is 0 Å². The summed E-state index contributed by atoms with van der Waals surface area (Å²) in [6.45, 7) is 1.92. The van der Waals surface area contributed by atoms with E-state index in [0.29, 0.717) is 12.4 Å². The number of rotatable bonds is 7. The molecule has 0 aromatic heterocycles. The first-order valence-corrected chi connectivity index (χ1v) is 7.48. The summed E-state index contributed by atoms with van der Waals surface area (Å²) in [5, 5.41) is 9.01. The molecule has 0 aliphatic heterocycles. The maximum Gasteiger partial charge on any atom is 0.373 e. The van der Waals surface area contributed by atoms with Crippen LogP contribution < -0.4 is 9.47 Å². The molecule has 2 rings (SSSR count). The summed E-state index contributed by atoms with van der Waals surface area (Å²) >= 11 is 0. The number of benzene rings is 2. The second kappa shape index (κ2) is 8.74. The third kappa shape index (κ3) is 4.86. The van der Waals surface area contributed by atoms with Gasteiger partial charge in [0, 0.05) is 0 Å². The number of carbonyl (C=O) groups is 1. The molecule has 5 heteroatoms. The van der Waals surface area contributed by atoms with E-state index >= 15 is 0 Å². The largest absolute Gasteiger partial charge is 0.489 e. The molecule has 0 saturated heterocycles. The van der Waals surface area contributed by atoms with Gasteiger partial charge in [-0.3, -0.25) is 0 Å². The van der Waals surface area contributed by atoms with Gasteiger partial charge in [-0.05, 0) is 42.3 Å². The quantitative estimate of drug-likeness (QED) is 0.481. The van der Waals surface area contributed by atoms with E-state index < -0.39 is 5.97 Å². The number of aliphatic hydroxyl groups is 1. The molecule has 0 spiro atoms. The average Bonchev–Trinajstić information content (AvgIpc) is 2.62. The molecule has 0 atom stereocenters. The second-order valence-electron chi connectivity index (χ2n) is 5.05. The molecule has 0 bridgehead atoms. The highest BCUT2D eigenvalue weighted by Gasteiger charge is 2.14. The van der Waals surface area contributed by atoms with E-state index in [-0.39, 0.29) is 12.4 Å². The first-order valence-electron chi connectivity index (χ1n) is 7.48. The van der Waals surface area contributed by atoms with E-state index in [1.54, 1.807) is 6.07 Å². The van der Waals surface area contributed by atoms with Crippen LogP contribution in [-0.2, 0) is 16.1 Å². The molecule has 0 radical (unpaired) electrons. The summed E-state index contributed by atoms with van der Waals surface area (Å²) in [5.74, 6) is 0.587. The van der Waals surface area contributed by atoms with Gasteiger partial charge in [-0.25, -0.2) is 4.79 Å². The molecule has 0 saturated carbocycles. The van der Waals surface area contributed by atoms with Crippen LogP contribution >= 0.6 is 0 Å². The van der Waals surface area contributed by atoms with Gasteiger partial charge in [0.25, 0.3) is 0 Å². The van der Waals surface area contributed by atoms with Crippen LogP contribution in [0.4, 0.5) is 0 Å². The highest BCUT2D eigenvalue weighted by molar-refractivity contribution is 5.86. The van der Waals surface area contributed by atoms with E-state index in [4.69, 9.17) is 14.6 Å². The highest BCUT2D eigenvalue weighted by atomic mass is 16.6. The Morgan fingerprint density at radius 1 is 1.17 bits per heavy atom. The van der Waals surface area contributed by atoms with Crippen molar-refractivity contribution in [2.24, 2.45) is 0 Å². The summed E-state index contributed by atoms with van der Waals surface area (Å²) < 4.78 is 16.0. The lowest BCUT2D eigenvalue weighted by Crippen LogP contribution is -2.12. The number of hydrogen-bond acceptors (Lipinski definition) is 5. The molecule has 2 aromatic carbocycles. The number of aliphatic hydroxyl groups excluding tert-OH is 1. The smallest absolute Gasteiger partial charge is 0.373 e. The van der Waals surface area contributed by atoms with Gasteiger partial charge in [0.15, 0.2) is 0 Å². The van der Waals surface area contributed by atoms with Crippen molar-refractivity contribution in [3.05, 3.63) is 71.5 Å². The molecular formula is C19H20O5. The lowest BCUT2D eigenvalue weighted by atomic mass is 10.1. The van der Waals surface area contributed by atoms with E-state index in [1.165, 1.54) is 13.2 Å². The van der Waals surface area contributed by atoms with E-state index in [9.17, 15) is 4.79 Å². The van der Waals surface area contributed by atoms with Crippen LogP contribution in [0.1, 0.15) is 11.1 Å². The Morgan fingerprint density at radius 3 is 2.58 bits per heavy atom. The zero-order chi connectivity index (χ0) is 17.4. The fourth-order valence-corrected chi connectivity index (χ4v) is 2.00. The van der Waals surface area contributed by atoms with Gasteiger partial charge >= 0.3 is 5.97 Å². The van der Waals surface area contributed by atoms with Crippen molar-refractivity contribution >= 4 is 5.97 Å². The summed E-state index contributed by atoms with van der Waals surface area (Å²) in [6, 6.07) is 15.1. The molecule has 0 aliphatic rings. The molecule has 2 aromatic rings. The minimum atomic E-state index is -0.644. The predicted molar refractivity (Wildman–Crippen MR) is 89.8 cm³/mol. The second-order valence-corrected chi connectivity index (χ2v) is 5.05. The number of ether oxygens (including phenoxy) is 3. The standard InChI is InChI=1S/C19H20O5/c1-14-8-9-15(13-23-16-6-4-3-5-7-16)12-18(14)24-17(10-11-20)19(21)22-2/h3-10,12,20H,11,13H2,1-2H3/b17-10-. The van der Waals surface area contributed by atoms with Crippen LogP contribution in [0, 0.1) is 6.92 Å². The molecular weight excluding hydrogens is 308 g/mol. The third-order valence-corrected chi connectivity index (χ3v) is 3.28. The molecule has 5 nitrogen and oxygen atoms in total.